The molecule has 0 bridgehead atoms. The fraction of sp³-hybridized carbons (Fsp3) is 0.500. The average Bonchev–Trinajstić information content (AvgIpc) is 2.21. The Morgan fingerprint density at radius 2 is 2.13 bits per heavy atom. The van der Waals surface area contributed by atoms with Crippen LogP contribution in [-0.2, 0) is 6.54 Å². The molecule has 15 heavy (non-hydrogen) atoms. The zero-order valence-electron chi connectivity index (χ0n) is 9.46. The van der Waals surface area contributed by atoms with E-state index in [1.807, 2.05) is 18.2 Å². The molecule has 3 heteroatoms. The van der Waals surface area contributed by atoms with Gasteiger partial charge in [-0.05, 0) is 32.1 Å². The van der Waals surface area contributed by atoms with E-state index in [-0.39, 0.29) is 0 Å². The maximum absolute atomic E-state index is 6.10. The smallest absolute Gasteiger partial charge is 0.0471 e. The van der Waals surface area contributed by atoms with E-state index < -0.39 is 0 Å². The predicted octanol–water partition coefficient (Wildman–Crippen LogP) is 3.15. The van der Waals surface area contributed by atoms with Crippen molar-refractivity contribution in [1.29, 1.82) is 0 Å². The van der Waals surface area contributed by atoms with Crippen molar-refractivity contribution in [3.8, 4) is 0 Å². The molecule has 0 aromatic heterocycles. The van der Waals surface area contributed by atoms with Crippen LogP contribution in [-0.4, -0.2) is 18.5 Å². The topological polar surface area (TPSA) is 29.3 Å². The number of halogens is 1. The van der Waals surface area contributed by atoms with E-state index in [1.54, 1.807) is 0 Å². The third-order valence-corrected chi connectivity index (χ3v) is 2.83. The molecule has 0 spiro atoms. The molecule has 0 aliphatic carbocycles. The first-order valence-corrected chi connectivity index (χ1v) is 5.74. The number of rotatable bonds is 5. The maximum atomic E-state index is 6.10. The summed E-state index contributed by atoms with van der Waals surface area (Å²) in [5.41, 5.74) is 7.71. The molecule has 0 atom stereocenters. The van der Waals surface area contributed by atoms with Crippen molar-refractivity contribution < 1.29 is 0 Å². The minimum absolute atomic E-state index is 0.762. The van der Waals surface area contributed by atoms with Crippen molar-refractivity contribution >= 4 is 17.3 Å². The fourth-order valence-electron chi connectivity index (χ4n) is 1.52. The van der Waals surface area contributed by atoms with Gasteiger partial charge in [0.1, 0.15) is 0 Å². The van der Waals surface area contributed by atoms with Crippen LogP contribution in [0.5, 0.6) is 0 Å². The summed E-state index contributed by atoms with van der Waals surface area (Å²) in [7, 11) is 2.10. The van der Waals surface area contributed by atoms with Crippen LogP contribution < -0.4 is 5.73 Å². The largest absolute Gasteiger partial charge is 0.398 e. The van der Waals surface area contributed by atoms with Crippen LogP contribution in [0.4, 0.5) is 5.69 Å². The van der Waals surface area contributed by atoms with Gasteiger partial charge < -0.3 is 10.6 Å². The van der Waals surface area contributed by atoms with E-state index in [1.165, 1.54) is 12.8 Å². The van der Waals surface area contributed by atoms with Crippen molar-refractivity contribution in [2.24, 2.45) is 0 Å². The third kappa shape index (κ3) is 3.73. The van der Waals surface area contributed by atoms with Crippen LogP contribution in [0.3, 0.4) is 0 Å². The molecule has 2 N–H and O–H groups in total. The van der Waals surface area contributed by atoms with Crippen molar-refractivity contribution in [3.05, 3.63) is 28.8 Å². The number of nitrogens with two attached hydrogens (primary N) is 1. The Balaban J connectivity index is 2.63. The van der Waals surface area contributed by atoms with E-state index in [4.69, 9.17) is 17.3 Å². The van der Waals surface area contributed by atoms with Gasteiger partial charge in [0.15, 0.2) is 0 Å². The van der Waals surface area contributed by atoms with Gasteiger partial charge >= 0.3 is 0 Å². The van der Waals surface area contributed by atoms with E-state index in [9.17, 15) is 0 Å². The monoisotopic (exact) mass is 226 g/mol. The van der Waals surface area contributed by atoms with Crippen molar-refractivity contribution in [2.45, 2.75) is 26.3 Å². The Hall–Kier alpha value is -0.730. The normalized spacial score (nSPS) is 10.9. The van der Waals surface area contributed by atoms with E-state index >= 15 is 0 Å². The molecule has 1 aromatic rings. The Labute approximate surface area is 97.0 Å². The first-order valence-electron chi connectivity index (χ1n) is 5.36. The lowest BCUT2D eigenvalue weighted by molar-refractivity contribution is 0.321. The summed E-state index contributed by atoms with van der Waals surface area (Å²) >= 11 is 6.10. The predicted molar refractivity (Wildman–Crippen MR) is 67.1 cm³/mol. The maximum Gasteiger partial charge on any atom is 0.0471 e. The molecule has 0 fully saturated rings. The molecule has 0 aliphatic heterocycles. The molecule has 0 amide bonds. The number of hydrogen-bond donors (Lipinski definition) is 1. The Bertz CT molecular complexity index is 292. The SMILES string of the molecule is CCCCN(C)Cc1c(N)cccc1Cl. The molecule has 0 saturated heterocycles. The van der Waals surface area contributed by atoms with Crippen LogP contribution in [0.25, 0.3) is 0 Å². The van der Waals surface area contributed by atoms with Gasteiger partial charge in [-0.2, -0.15) is 0 Å². The standard InChI is InChI=1S/C12H19ClN2/c1-3-4-8-15(2)9-10-11(13)6-5-7-12(10)14/h5-7H,3-4,8-9,14H2,1-2H3. The second-order valence-electron chi connectivity index (χ2n) is 3.90. The summed E-state index contributed by atoms with van der Waals surface area (Å²) < 4.78 is 0. The van der Waals surface area contributed by atoms with Crippen molar-refractivity contribution in [1.82, 2.24) is 4.90 Å². The number of nitrogens with zero attached hydrogens (tertiary/aromatic N) is 1. The molecule has 0 heterocycles. The Morgan fingerprint density at radius 3 is 2.73 bits per heavy atom. The van der Waals surface area contributed by atoms with Crippen molar-refractivity contribution in [2.75, 3.05) is 19.3 Å². The van der Waals surface area contributed by atoms with Crippen molar-refractivity contribution in [3.63, 3.8) is 0 Å². The molecular weight excluding hydrogens is 208 g/mol. The number of hydrogen-bond acceptors (Lipinski definition) is 2. The first-order chi connectivity index (χ1) is 7.15. The molecule has 0 radical (unpaired) electrons. The highest BCUT2D eigenvalue weighted by Gasteiger charge is 2.07. The summed E-state index contributed by atoms with van der Waals surface area (Å²) in [6.45, 7) is 4.10. The number of unbranched alkanes of at least 4 members (excludes halogenated alkanes) is 1. The summed E-state index contributed by atoms with van der Waals surface area (Å²) in [5.74, 6) is 0. The van der Waals surface area contributed by atoms with Gasteiger partial charge in [0.2, 0.25) is 0 Å². The van der Waals surface area contributed by atoms with E-state index in [2.05, 4.69) is 18.9 Å². The zero-order chi connectivity index (χ0) is 11.3. The van der Waals surface area contributed by atoms with Crippen LogP contribution in [0.15, 0.2) is 18.2 Å². The molecule has 1 rings (SSSR count). The highest BCUT2D eigenvalue weighted by atomic mass is 35.5. The highest BCUT2D eigenvalue weighted by Crippen LogP contribution is 2.23. The van der Waals surface area contributed by atoms with E-state index in [0.29, 0.717) is 0 Å². The van der Waals surface area contributed by atoms with Gasteiger partial charge in [-0.25, -0.2) is 0 Å². The Morgan fingerprint density at radius 1 is 1.40 bits per heavy atom. The molecule has 84 valence electrons. The van der Waals surface area contributed by atoms with Gasteiger partial charge in [0.05, 0.1) is 0 Å². The summed E-state index contributed by atoms with van der Waals surface area (Å²) in [6.07, 6.45) is 2.42. The zero-order valence-corrected chi connectivity index (χ0v) is 10.2. The van der Waals surface area contributed by atoms with Gasteiger partial charge in [-0.3, -0.25) is 0 Å². The van der Waals surface area contributed by atoms with Crippen LogP contribution in [0.2, 0.25) is 5.02 Å². The fourth-order valence-corrected chi connectivity index (χ4v) is 1.76. The second kappa shape index (κ2) is 5.99. The first kappa shape index (κ1) is 12.3. The minimum atomic E-state index is 0.762. The molecular formula is C12H19ClN2. The number of anilines is 1. The van der Waals surface area contributed by atoms with Gasteiger partial charge in [-0.15, -0.1) is 0 Å². The summed E-state index contributed by atoms with van der Waals surface area (Å²) in [4.78, 5) is 2.25. The number of nitrogen functional groups attached to an aromatic ring is 1. The molecule has 0 unspecified atom stereocenters. The quantitative estimate of drug-likeness (QED) is 0.782. The molecule has 0 saturated carbocycles. The lowest BCUT2D eigenvalue weighted by Crippen LogP contribution is -2.19. The van der Waals surface area contributed by atoms with Gasteiger partial charge in [0, 0.05) is 22.8 Å². The second-order valence-corrected chi connectivity index (χ2v) is 4.31. The van der Waals surface area contributed by atoms with Gasteiger partial charge in [0.25, 0.3) is 0 Å². The van der Waals surface area contributed by atoms with Crippen LogP contribution in [0, 0.1) is 0 Å². The lowest BCUT2D eigenvalue weighted by Gasteiger charge is -2.18. The molecule has 1 aromatic carbocycles. The summed E-state index contributed by atoms with van der Waals surface area (Å²) in [6, 6.07) is 5.67. The third-order valence-electron chi connectivity index (χ3n) is 2.48. The Kier molecular flexibility index (Phi) is 4.92. The van der Waals surface area contributed by atoms with Crippen LogP contribution in [0.1, 0.15) is 25.3 Å². The van der Waals surface area contributed by atoms with Gasteiger partial charge in [-0.1, -0.05) is 31.0 Å². The molecule has 0 aliphatic rings. The molecule has 2 nitrogen and oxygen atoms in total. The number of benzene rings is 1. The van der Waals surface area contributed by atoms with E-state index in [0.717, 1.165) is 29.4 Å². The van der Waals surface area contributed by atoms with Crippen LogP contribution >= 0.6 is 11.6 Å². The highest BCUT2D eigenvalue weighted by molar-refractivity contribution is 6.31. The average molecular weight is 227 g/mol. The minimum Gasteiger partial charge on any atom is -0.398 e. The lowest BCUT2D eigenvalue weighted by atomic mass is 10.1. The summed E-state index contributed by atoms with van der Waals surface area (Å²) in [5, 5.41) is 0.762.